The van der Waals surface area contributed by atoms with Crippen LogP contribution in [0.1, 0.15) is 11.1 Å². The molecule has 2 heteroatoms. The number of hydrogen-bond acceptors (Lipinski definition) is 1. The van der Waals surface area contributed by atoms with E-state index in [9.17, 15) is 0 Å². The lowest BCUT2D eigenvalue weighted by Crippen LogP contribution is -1.88. The van der Waals surface area contributed by atoms with Gasteiger partial charge in [0.25, 0.3) is 0 Å². The van der Waals surface area contributed by atoms with E-state index in [1.165, 1.54) is 10.9 Å². The van der Waals surface area contributed by atoms with Crippen molar-refractivity contribution in [3.05, 3.63) is 41.5 Å². The van der Waals surface area contributed by atoms with Crippen molar-refractivity contribution in [3.63, 3.8) is 0 Å². The molecule has 0 aromatic heterocycles. The lowest BCUT2D eigenvalue weighted by molar-refractivity contribution is 0.910. The molecule has 2 nitrogen and oxygen atoms in total. The molecule has 0 N–H and O–H groups in total. The third kappa shape index (κ3) is 1.10. The highest BCUT2D eigenvalue weighted by Crippen LogP contribution is 2.31. The van der Waals surface area contributed by atoms with Gasteiger partial charge in [-0.15, -0.1) is 0 Å². The van der Waals surface area contributed by atoms with Gasteiger partial charge >= 0.3 is 0 Å². The van der Waals surface area contributed by atoms with Gasteiger partial charge in [-0.25, -0.2) is 0 Å². The van der Waals surface area contributed by atoms with E-state index in [0.717, 1.165) is 29.6 Å². The summed E-state index contributed by atoms with van der Waals surface area (Å²) in [5, 5.41) is 15.7. The van der Waals surface area contributed by atoms with Crippen molar-refractivity contribution in [3.8, 4) is 6.07 Å². The lowest BCUT2D eigenvalue weighted by atomic mass is 9.99. The van der Waals surface area contributed by atoms with E-state index in [1.54, 1.807) is 0 Å². The van der Waals surface area contributed by atoms with Crippen LogP contribution in [0.3, 0.4) is 0 Å². The normalized spacial score (nSPS) is 13.3. The first-order chi connectivity index (χ1) is 7.40. The highest BCUT2D eigenvalue weighted by atomic mass is 14.9. The Kier molecular flexibility index (Phi) is 1.66. The largest absolute Gasteiger partial charge is 0.285 e. The van der Waals surface area contributed by atoms with Crippen LogP contribution in [0.25, 0.3) is 10.8 Å². The standard InChI is InChI=1S/C13H9N2/c14-8-9-2-1-3-11-10(9)4-5-13-12(11)6-7-15-13/h1-5H,6-7H2. The number of fused-ring (bicyclic) bond motifs is 3. The van der Waals surface area contributed by atoms with Crippen LogP contribution in [0.5, 0.6) is 0 Å². The molecule has 2 aromatic carbocycles. The Labute approximate surface area is 88.1 Å². The molecule has 0 saturated heterocycles. The predicted octanol–water partition coefficient (Wildman–Crippen LogP) is 2.50. The van der Waals surface area contributed by atoms with Crippen molar-refractivity contribution in [1.82, 2.24) is 5.32 Å². The Morgan fingerprint density at radius 2 is 2.07 bits per heavy atom. The molecule has 1 aliphatic rings. The quantitative estimate of drug-likeness (QED) is 0.633. The fourth-order valence-electron chi connectivity index (χ4n) is 2.21. The summed E-state index contributed by atoms with van der Waals surface area (Å²) in [6.07, 6.45) is 1.00. The molecular weight excluding hydrogens is 184 g/mol. The summed E-state index contributed by atoms with van der Waals surface area (Å²) >= 11 is 0. The second-order valence-corrected chi connectivity index (χ2v) is 3.71. The zero-order valence-corrected chi connectivity index (χ0v) is 8.20. The number of nitriles is 1. The first-order valence-corrected chi connectivity index (χ1v) is 5.02. The van der Waals surface area contributed by atoms with E-state index in [2.05, 4.69) is 17.5 Å². The van der Waals surface area contributed by atoms with Gasteiger partial charge in [-0.1, -0.05) is 18.2 Å². The summed E-state index contributed by atoms with van der Waals surface area (Å²) in [5.74, 6) is 0. The summed E-state index contributed by atoms with van der Waals surface area (Å²) < 4.78 is 0. The summed E-state index contributed by atoms with van der Waals surface area (Å²) in [5.41, 5.74) is 3.14. The minimum Gasteiger partial charge on any atom is -0.285 e. The lowest BCUT2D eigenvalue weighted by Gasteiger charge is -2.04. The minimum absolute atomic E-state index is 0.752. The molecule has 0 fully saturated rings. The van der Waals surface area contributed by atoms with E-state index in [1.807, 2.05) is 24.3 Å². The molecule has 1 aliphatic heterocycles. The monoisotopic (exact) mass is 193 g/mol. The molecule has 1 radical (unpaired) electrons. The van der Waals surface area contributed by atoms with Crippen LogP contribution in [0.15, 0.2) is 30.3 Å². The number of rotatable bonds is 0. The maximum absolute atomic E-state index is 9.01. The van der Waals surface area contributed by atoms with Crippen LogP contribution in [0.4, 0.5) is 5.69 Å². The van der Waals surface area contributed by atoms with Crippen LogP contribution in [0.2, 0.25) is 0 Å². The van der Waals surface area contributed by atoms with Crippen molar-refractivity contribution in [2.45, 2.75) is 6.42 Å². The third-order valence-corrected chi connectivity index (χ3v) is 2.91. The highest BCUT2D eigenvalue weighted by molar-refractivity contribution is 5.93. The van der Waals surface area contributed by atoms with Gasteiger partial charge in [-0.3, -0.25) is 5.32 Å². The first-order valence-electron chi connectivity index (χ1n) is 5.02. The average Bonchev–Trinajstić information content (AvgIpc) is 2.76. The molecule has 0 saturated carbocycles. The summed E-state index contributed by atoms with van der Waals surface area (Å²) in [4.78, 5) is 0. The number of hydrogen-bond donors (Lipinski definition) is 0. The molecule has 0 bridgehead atoms. The molecule has 0 atom stereocenters. The SMILES string of the molecule is N#Cc1cccc2c3c(ccc12)[N]CC3. The van der Waals surface area contributed by atoms with Crippen LogP contribution in [0, 0.1) is 11.3 Å². The molecule has 1 heterocycles. The van der Waals surface area contributed by atoms with Crippen molar-refractivity contribution in [2.75, 3.05) is 6.54 Å². The fourth-order valence-corrected chi connectivity index (χ4v) is 2.21. The van der Waals surface area contributed by atoms with Crippen molar-refractivity contribution in [2.24, 2.45) is 0 Å². The van der Waals surface area contributed by atoms with Gasteiger partial charge in [0, 0.05) is 6.54 Å². The van der Waals surface area contributed by atoms with E-state index < -0.39 is 0 Å². The molecule has 71 valence electrons. The maximum atomic E-state index is 9.01. The van der Waals surface area contributed by atoms with E-state index in [4.69, 9.17) is 5.26 Å². The van der Waals surface area contributed by atoms with E-state index in [0.29, 0.717) is 0 Å². The first kappa shape index (κ1) is 8.31. The third-order valence-electron chi connectivity index (χ3n) is 2.91. The fraction of sp³-hybridized carbons (Fsp3) is 0.154. The Morgan fingerprint density at radius 1 is 1.13 bits per heavy atom. The molecule has 0 amide bonds. The zero-order valence-electron chi connectivity index (χ0n) is 8.20. The Hall–Kier alpha value is -2.01. The Morgan fingerprint density at radius 3 is 2.93 bits per heavy atom. The van der Waals surface area contributed by atoms with Gasteiger partial charge in [-0.05, 0) is 34.9 Å². The van der Waals surface area contributed by atoms with Crippen LogP contribution in [-0.2, 0) is 6.42 Å². The van der Waals surface area contributed by atoms with Crippen molar-refractivity contribution < 1.29 is 0 Å². The average molecular weight is 193 g/mol. The van der Waals surface area contributed by atoms with Crippen LogP contribution in [-0.4, -0.2) is 6.54 Å². The van der Waals surface area contributed by atoms with Gasteiger partial charge in [0.15, 0.2) is 0 Å². The topological polar surface area (TPSA) is 37.9 Å². The molecular formula is C13H9N2. The van der Waals surface area contributed by atoms with Gasteiger partial charge in [0.05, 0.1) is 17.3 Å². The summed E-state index contributed by atoms with van der Waals surface area (Å²) in [6, 6.07) is 12.1. The number of nitrogens with zero attached hydrogens (tertiary/aromatic N) is 2. The highest BCUT2D eigenvalue weighted by Gasteiger charge is 2.15. The smallest absolute Gasteiger partial charge is 0.0998 e. The van der Waals surface area contributed by atoms with Crippen molar-refractivity contribution in [1.29, 1.82) is 5.26 Å². The molecule has 0 spiro atoms. The zero-order chi connectivity index (χ0) is 10.3. The second kappa shape index (κ2) is 2.99. The van der Waals surface area contributed by atoms with Crippen molar-refractivity contribution >= 4 is 16.5 Å². The van der Waals surface area contributed by atoms with Crippen LogP contribution >= 0.6 is 0 Å². The van der Waals surface area contributed by atoms with E-state index >= 15 is 0 Å². The van der Waals surface area contributed by atoms with Gasteiger partial charge in [0.1, 0.15) is 0 Å². The van der Waals surface area contributed by atoms with Gasteiger partial charge in [0.2, 0.25) is 0 Å². The Balaban J connectivity index is 2.44. The molecule has 15 heavy (non-hydrogen) atoms. The van der Waals surface area contributed by atoms with Gasteiger partial charge < -0.3 is 0 Å². The Bertz CT molecular complexity index is 579. The summed E-state index contributed by atoms with van der Waals surface area (Å²) in [6.45, 7) is 0.880. The summed E-state index contributed by atoms with van der Waals surface area (Å²) in [7, 11) is 0. The maximum Gasteiger partial charge on any atom is 0.0998 e. The minimum atomic E-state index is 0.752. The molecule has 3 rings (SSSR count). The van der Waals surface area contributed by atoms with Crippen LogP contribution < -0.4 is 5.32 Å². The molecule has 0 aliphatic carbocycles. The van der Waals surface area contributed by atoms with E-state index in [-0.39, 0.29) is 0 Å². The molecule has 0 unspecified atom stereocenters. The molecule has 2 aromatic rings. The predicted molar refractivity (Wildman–Crippen MR) is 59.0 cm³/mol. The number of benzene rings is 2. The second-order valence-electron chi connectivity index (χ2n) is 3.71. The van der Waals surface area contributed by atoms with Gasteiger partial charge in [-0.2, -0.15) is 5.26 Å².